The summed E-state index contributed by atoms with van der Waals surface area (Å²) in [4.78, 5) is 4.34. The van der Waals surface area contributed by atoms with E-state index in [-0.39, 0.29) is 5.41 Å². The van der Waals surface area contributed by atoms with Crippen LogP contribution in [0.2, 0.25) is 0 Å². The molecule has 0 amide bonds. The molecule has 6 rings (SSSR count). The van der Waals surface area contributed by atoms with Crippen molar-refractivity contribution in [1.29, 1.82) is 0 Å². The summed E-state index contributed by atoms with van der Waals surface area (Å²) in [5, 5.41) is 2.54. The Morgan fingerprint density at radius 2 is 1.97 bits per heavy atom. The molecular weight excluding hydrogens is 350 g/mol. The lowest BCUT2D eigenvalue weighted by Gasteiger charge is -2.43. The van der Waals surface area contributed by atoms with E-state index in [0.717, 1.165) is 17.8 Å². The maximum atomic E-state index is 4.34. The molecule has 148 valence electrons. The van der Waals surface area contributed by atoms with Gasteiger partial charge in [0.15, 0.2) is 0 Å². The van der Waals surface area contributed by atoms with Crippen LogP contribution in [0.5, 0.6) is 0 Å². The van der Waals surface area contributed by atoms with E-state index in [4.69, 9.17) is 0 Å². The summed E-state index contributed by atoms with van der Waals surface area (Å²) in [6.07, 6.45) is 22.6. The van der Waals surface area contributed by atoms with E-state index in [1.54, 1.807) is 16.7 Å². The number of pyridine rings is 1. The SMILES string of the molecule is CC12CC=C3C=C4CCCCC4CCC3C1CC=C2c1ccc2ccncc2c1. The van der Waals surface area contributed by atoms with E-state index >= 15 is 0 Å². The van der Waals surface area contributed by atoms with Crippen molar-refractivity contribution in [1.82, 2.24) is 4.98 Å². The second kappa shape index (κ2) is 6.69. The molecular formula is C28H31N. The van der Waals surface area contributed by atoms with Crippen LogP contribution in [0.15, 0.2) is 66.0 Å². The molecule has 1 saturated carbocycles. The highest BCUT2D eigenvalue weighted by atomic mass is 14.6. The van der Waals surface area contributed by atoms with Crippen LogP contribution in [-0.4, -0.2) is 4.98 Å². The van der Waals surface area contributed by atoms with Crippen LogP contribution >= 0.6 is 0 Å². The van der Waals surface area contributed by atoms with Crippen LogP contribution < -0.4 is 0 Å². The third kappa shape index (κ3) is 2.77. The van der Waals surface area contributed by atoms with Crippen LogP contribution in [-0.2, 0) is 0 Å². The first-order valence-electron chi connectivity index (χ1n) is 11.7. The smallest absolute Gasteiger partial charge is 0.0346 e. The Bertz CT molecular complexity index is 1050. The Balaban J connectivity index is 1.35. The molecule has 0 saturated heterocycles. The highest BCUT2D eigenvalue weighted by Crippen LogP contribution is 2.59. The van der Waals surface area contributed by atoms with Gasteiger partial charge in [-0.25, -0.2) is 0 Å². The van der Waals surface area contributed by atoms with E-state index in [2.05, 4.69) is 54.4 Å². The van der Waals surface area contributed by atoms with Gasteiger partial charge < -0.3 is 0 Å². The second-order valence-electron chi connectivity index (χ2n) is 10.1. The molecule has 0 N–H and O–H groups in total. The van der Waals surface area contributed by atoms with Crippen LogP contribution in [0.4, 0.5) is 0 Å². The minimum Gasteiger partial charge on any atom is -0.264 e. The van der Waals surface area contributed by atoms with E-state index in [1.807, 2.05) is 12.4 Å². The fraction of sp³-hybridized carbons (Fsp3) is 0.464. The number of hydrogen-bond acceptors (Lipinski definition) is 1. The largest absolute Gasteiger partial charge is 0.264 e. The molecule has 0 spiro atoms. The van der Waals surface area contributed by atoms with Gasteiger partial charge in [0.1, 0.15) is 0 Å². The summed E-state index contributed by atoms with van der Waals surface area (Å²) in [6, 6.07) is 9.09. The van der Waals surface area contributed by atoms with Gasteiger partial charge in [-0.2, -0.15) is 0 Å². The predicted octanol–water partition coefficient (Wildman–Crippen LogP) is 7.50. The Labute approximate surface area is 174 Å². The zero-order valence-corrected chi connectivity index (χ0v) is 17.5. The normalized spacial score (nSPS) is 33.7. The van der Waals surface area contributed by atoms with Crippen LogP contribution in [0.25, 0.3) is 16.3 Å². The minimum absolute atomic E-state index is 0.276. The van der Waals surface area contributed by atoms with Crippen molar-refractivity contribution in [2.45, 2.75) is 58.3 Å². The van der Waals surface area contributed by atoms with E-state index in [1.165, 1.54) is 67.7 Å². The molecule has 4 unspecified atom stereocenters. The summed E-state index contributed by atoms with van der Waals surface area (Å²) in [5.41, 5.74) is 6.73. The molecule has 2 aromatic rings. The standard InChI is InChI=1S/C28H31N/c1-28-14-12-22-16-21-5-3-2-4-19(21)8-9-25(22)27(28)11-10-26(28)23-7-6-20-13-15-29-18-24(20)17-23/h6-7,10,12-13,15-19,25,27H,2-5,8-9,11,14H2,1H3. The lowest BCUT2D eigenvalue weighted by atomic mass is 9.60. The van der Waals surface area contributed by atoms with Crippen molar-refractivity contribution in [3.05, 3.63) is 71.6 Å². The monoisotopic (exact) mass is 381 g/mol. The average Bonchev–Trinajstić information content (AvgIpc) is 2.99. The van der Waals surface area contributed by atoms with E-state index in [9.17, 15) is 0 Å². The number of benzene rings is 1. The topological polar surface area (TPSA) is 12.9 Å². The van der Waals surface area contributed by atoms with Gasteiger partial charge in [-0.3, -0.25) is 4.98 Å². The van der Waals surface area contributed by atoms with Crippen molar-refractivity contribution in [2.24, 2.45) is 23.2 Å². The molecule has 29 heavy (non-hydrogen) atoms. The molecule has 1 nitrogen and oxygen atoms in total. The molecule has 0 bridgehead atoms. The van der Waals surface area contributed by atoms with Crippen molar-refractivity contribution in [2.75, 3.05) is 0 Å². The van der Waals surface area contributed by atoms with E-state index in [0.29, 0.717) is 0 Å². The summed E-state index contributed by atoms with van der Waals surface area (Å²) in [6.45, 7) is 2.54. The van der Waals surface area contributed by atoms with E-state index < -0.39 is 0 Å². The molecule has 4 aliphatic carbocycles. The third-order valence-corrected chi connectivity index (χ3v) is 8.61. The highest BCUT2D eigenvalue weighted by molar-refractivity contribution is 5.87. The van der Waals surface area contributed by atoms with Crippen molar-refractivity contribution in [3.63, 3.8) is 0 Å². The molecule has 1 heteroatoms. The second-order valence-corrected chi connectivity index (χ2v) is 10.1. The first kappa shape index (κ1) is 17.7. The van der Waals surface area contributed by atoms with Crippen molar-refractivity contribution >= 4 is 16.3 Å². The van der Waals surface area contributed by atoms with Gasteiger partial charge in [0.2, 0.25) is 0 Å². The lowest BCUT2D eigenvalue weighted by molar-refractivity contribution is 0.193. The summed E-state index contributed by atoms with van der Waals surface area (Å²) >= 11 is 0. The number of fused-ring (bicyclic) bond motifs is 5. The zero-order chi connectivity index (χ0) is 19.4. The van der Waals surface area contributed by atoms with Gasteiger partial charge in [0.05, 0.1) is 0 Å². The number of aromatic nitrogens is 1. The third-order valence-electron chi connectivity index (χ3n) is 8.61. The zero-order valence-electron chi connectivity index (χ0n) is 17.5. The van der Waals surface area contributed by atoms with Gasteiger partial charge in [-0.05, 0) is 102 Å². The Morgan fingerprint density at radius 1 is 1.00 bits per heavy atom. The first-order chi connectivity index (χ1) is 14.2. The minimum atomic E-state index is 0.276. The number of nitrogens with zero attached hydrogens (tertiary/aromatic N) is 1. The molecule has 1 aromatic carbocycles. The van der Waals surface area contributed by atoms with Crippen molar-refractivity contribution < 1.29 is 0 Å². The highest BCUT2D eigenvalue weighted by Gasteiger charge is 2.48. The fourth-order valence-electron chi connectivity index (χ4n) is 6.98. The average molecular weight is 382 g/mol. The molecule has 1 fully saturated rings. The lowest BCUT2D eigenvalue weighted by Crippen LogP contribution is -2.34. The quantitative estimate of drug-likeness (QED) is 0.498. The Hall–Kier alpha value is -2.15. The van der Waals surface area contributed by atoms with Gasteiger partial charge in [-0.1, -0.05) is 49.3 Å². The van der Waals surface area contributed by atoms with Gasteiger partial charge in [0.25, 0.3) is 0 Å². The van der Waals surface area contributed by atoms with Crippen molar-refractivity contribution in [3.8, 4) is 0 Å². The molecule has 1 aromatic heterocycles. The Morgan fingerprint density at radius 3 is 2.93 bits per heavy atom. The summed E-state index contributed by atoms with van der Waals surface area (Å²) < 4.78 is 0. The summed E-state index contributed by atoms with van der Waals surface area (Å²) in [7, 11) is 0. The number of hydrogen-bond donors (Lipinski definition) is 0. The summed E-state index contributed by atoms with van der Waals surface area (Å²) in [5.74, 6) is 2.39. The van der Waals surface area contributed by atoms with Gasteiger partial charge in [0, 0.05) is 17.8 Å². The first-order valence-corrected chi connectivity index (χ1v) is 11.7. The van der Waals surface area contributed by atoms with Gasteiger partial charge in [-0.15, -0.1) is 0 Å². The Kier molecular flexibility index (Phi) is 4.08. The molecule has 0 radical (unpaired) electrons. The number of allylic oxidation sites excluding steroid dienone is 6. The van der Waals surface area contributed by atoms with Crippen LogP contribution in [0.3, 0.4) is 0 Å². The maximum Gasteiger partial charge on any atom is 0.0346 e. The molecule has 4 aliphatic rings. The van der Waals surface area contributed by atoms with Crippen LogP contribution in [0.1, 0.15) is 63.9 Å². The molecule has 4 atom stereocenters. The fourth-order valence-corrected chi connectivity index (χ4v) is 6.98. The number of rotatable bonds is 1. The molecule has 0 aliphatic heterocycles. The predicted molar refractivity (Wildman–Crippen MR) is 121 cm³/mol. The maximum absolute atomic E-state index is 4.34. The van der Waals surface area contributed by atoms with Crippen LogP contribution in [0, 0.1) is 23.2 Å². The van der Waals surface area contributed by atoms with Gasteiger partial charge >= 0.3 is 0 Å². The molecule has 1 heterocycles.